The Kier molecular flexibility index (Phi) is 9.38. The molecule has 0 aliphatic carbocycles. The number of anilines is 1. The Balaban J connectivity index is 1.59. The van der Waals surface area contributed by atoms with Gasteiger partial charge >= 0.3 is 0 Å². The zero-order valence-corrected chi connectivity index (χ0v) is 21.1. The zero-order valence-electron chi connectivity index (χ0n) is 18.7. The van der Waals surface area contributed by atoms with E-state index in [-0.39, 0.29) is 15.6 Å². The van der Waals surface area contributed by atoms with Crippen molar-refractivity contribution < 1.29 is 17.6 Å². The van der Waals surface area contributed by atoms with E-state index in [1.807, 2.05) is 0 Å². The lowest BCUT2D eigenvalue weighted by atomic mass is 10.2. The normalized spacial score (nSPS) is 11.3. The molecule has 0 saturated heterocycles. The van der Waals surface area contributed by atoms with Crippen LogP contribution in [0, 0.1) is 12.7 Å². The minimum atomic E-state index is -4.06. The van der Waals surface area contributed by atoms with Gasteiger partial charge in [-0.1, -0.05) is 59.6 Å². The van der Waals surface area contributed by atoms with Crippen LogP contribution in [0.5, 0.6) is 0 Å². The van der Waals surface area contributed by atoms with Gasteiger partial charge in [0.25, 0.3) is 10.0 Å². The van der Waals surface area contributed by atoms with Gasteiger partial charge in [-0.05, 0) is 55.0 Å². The number of nitrogens with one attached hydrogen (secondary N) is 1. The molecule has 1 N–H and O–H groups in total. The highest BCUT2D eigenvalue weighted by Gasteiger charge is 2.27. The predicted octanol–water partition coefficient (Wildman–Crippen LogP) is 5.42. The van der Waals surface area contributed by atoms with E-state index in [1.165, 1.54) is 35.4 Å². The highest BCUT2D eigenvalue weighted by atomic mass is 35.5. The van der Waals surface area contributed by atoms with Crippen molar-refractivity contribution in [3.8, 4) is 0 Å². The summed E-state index contributed by atoms with van der Waals surface area (Å²) in [7, 11) is -4.06. The van der Waals surface area contributed by atoms with E-state index in [9.17, 15) is 17.6 Å². The number of benzene rings is 3. The van der Waals surface area contributed by atoms with Gasteiger partial charge in [0.05, 0.1) is 15.6 Å². The van der Waals surface area contributed by atoms with Crippen molar-refractivity contribution in [2.24, 2.45) is 0 Å². The molecule has 0 aliphatic heterocycles. The van der Waals surface area contributed by atoms with Crippen molar-refractivity contribution in [3.63, 3.8) is 0 Å². The molecule has 0 spiro atoms. The number of thioether (sulfide) groups is 1. The second-order valence-electron chi connectivity index (χ2n) is 7.66. The molecule has 0 saturated carbocycles. The van der Waals surface area contributed by atoms with Gasteiger partial charge < -0.3 is 5.32 Å². The van der Waals surface area contributed by atoms with Crippen molar-refractivity contribution in [2.75, 3.05) is 23.1 Å². The average Bonchev–Trinajstić information content (AvgIpc) is 2.83. The largest absolute Gasteiger partial charge is 0.354 e. The first-order valence-corrected chi connectivity index (χ1v) is 13.7. The molecule has 0 fully saturated rings. The summed E-state index contributed by atoms with van der Waals surface area (Å²) < 4.78 is 41.1. The van der Waals surface area contributed by atoms with Crippen molar-refractivity contribution >= 4 is 45.0 Å². The summed E-state index contributed by atoms with van der Waals surface area (Å²) in [5.41, 5.74) is 2.58. The van der Waals surface area contributed by atoms with Crippen LogP contribution in [0.1, 0.15) is 17.5 Å². The lowest BCUT2D eigenvalue weighted by Gasteiger charge is -2.24. The minimum Gasteiger partial charge on any atom is -0.354 e. The van der Waals surface area contributed by atoms with E-state index in [2.05, 4.69) is 36.5 Å². The monoisotopic (exact) mass is 520 g/mol. The van der Waals surface area contributed by atoms with Crippen molar-refractivity contribution in [1.29, 1.82) is 0 Å². The number of halogens is 2. The lowest BCUT2D eigenvalue weighted by molar-refractivity contribution is -0.119. The quantitative estimate of drug-likeness (QED) is 0.343. The number of hydrogen-bond acceptors (Lipinski definition) is 4. The SMILES string of the molecule is Cc1ccc(CSCCCNC(=O)CN(c2ccc(F)c(Cl)c2)S(=O)(=O)c2ccccc2)cc1. The number of sulfonamides is 1. The molecule has 3 aromatic carbocycles. The zero-order chi connectivity index (χ0) is 24.6. The Morgan fingerprint density at radius 3 is 2.44 bits per heavy atom. The van der Waals surface area contributed by atoms with Crippen LogP contribution in [0.15, 0.2) is 77.7 Å². The van der Waals surface area contributed by atoms with Gasteiger partial charge in [0.15, 0.2) is 0 Å². The van der Waals surface area contributed by atoms with Crippen LogP contribution in [-0.2, 0) is 20.6 Å². The van der Waals surface area contributed by atoms with Gasteiger partial charge in [-0.3, -0.25) is 9.10 Å². The maximum absolute atomic E-state index is 13.7. The maximum atomic E-state index is 13.7. The topological polar surface area (TPSA) is 66.5 Å². The Hall–Kier alpha value is -2.55. The summed E-state index contributed by atoms with van der Waals surface area (Å²) in [6.07, 6.45) is 0.746. The number of hydrogen-bond donors (Lipinski definition) is 1. The summed E-state index contributed by atoms with van der Waals surface area (Å²) in [6, 6.07) is 19.7. The Bertz CT molecular complexity index is 1210. The number of rotatable bonds is 11. The van der Waals surface area contributed by atoms with Crippen molar-refractivity contribution in [1.82, 2.24) is 5.32 Å². The van der Waals surface area contributed by atoms with Crippen LogP contribution < -0.4 is 9.62 Å². The summed E-state index contributed by atoms with van der Waals surface area (Å²) in [6.45, 7) is 2.02. The minimum absolute atomic E-state index is 0.0238. The molecule has 0 aliphatic rings. The predicted molar refractivity (Wildman–Crippen MR) is 137 cm³/mol. The average molecular weight is 521 g/mol. The maximum Gasteiger partial charge on any atom is 0.264 e. The molecule has 5 nitrogen and oxygen atoms in total. The van der Waals surface area contributed by atoms with E-state index in [0.29, 0.717) is 6.54 Å². The van der Waals surface area contributed by atoms with Gasteiger partial charge in [-0.15, -0.1) is 0 Å². The van der Waals surface area contributed by atoms with E-state index in [1.54, 1.807) is 30.0 Å². The van der Waals surface area contributed by atoms with Crippen molar-refractivity contribution in [3.05, 3.63) is 94.8 Å². The second kappa shape index (κ2) is 12.2. The van der Waals surface area contributed by atoms with Gasteiger partial charge in [-0.2, -0.15) is 11.8 Å². The summed E-state index contributed by atoms with van der Waals surface area (Å²) in [4.78, 5) is 12.6. The van der Waals surface area contributed by atoms with Gasteiger partial charge in [-0.25, -0.2) is 12.8 Å². The number of carbonyl (C=O) groups excluding carboxylic acids is 1. The molecule has 0 unspecified atom stereocenters. The van der Waals surface area contributed by atoms with E-state index >= 15 is 0 Å². The Labute approximate surface area is 209 Å². The Morgan fingerprint density at radius 1 is 1.06 bits per heavy atom. The number of nitrogens with zero attached hydrogens (tertiary/aromatic N) is 1. The molecular weight excluding hydrogens is 495 g/mol. The van der Waals surface area contributed by atoms with Crippen molar-refractivity contribution in [2.45, 2.75) is 24.0 Å². The molecule has 0 radical (unpaired) electrons. The molecule has 0 atom stereocenters. The Morgan fingerprint density at radius 2 is 1.76 bits per heavy atom. The third-order valence-electron chi connectivity index (χ3n) is 4.99. The van der Waals surface area contributed by atoms with Crippen LogP contribution in [0.25, 0.3) is 0 Å². The summed E-state index contributed by atoms with van der Waals surface area (Å²) >= 11 is 7.65. The number of amides is 1. The third-order valence-corrected chi connectivity index (χ3v) is 8.18. The van der Waals surface area contributed by atoms with Gasteiger partial charge in [0, 0.05) is 12.3 Å². The van der Waals surface area contributed by atoms with Gasteiger partial charge in [0.1, 0.15) is 12.4 Å². The van der Waals surface area contributed by atoms with E-state index in [4.69, 9.17) is 11.6 Å². The molecule has 180 valence electrons. The van der Waals surface area contributed by atoms with E-state index < -0.39 is 28.3 Å². The highest BCUT2D eigenvalue weighted by molar-refractivity contribution is 7.98. The molecule has 3 rings (SSSR count). The van der Waals surface area contributed by atoms with Crippen LogP contribution in [0.3, 0.4) is 0 Å². The first kappa shape index (κ1) is 26.1. The summed E-state index contributed by atoms with van der Waals surface area (Å²) in [5.74, 6) is 0.620. The standard InChI is InChI=1S/C25H26ClFN2O3S2/c1-19-8-10-20(11-9-19)18-33-15-5-14-28-25(30)17-29(21-12-13-24(27)23(26)16-21)34(31,32)22-6-3-2-4-7-22/h2-4,6-13,16H,5,14-15,17-18H2,1H3,(H,28,30). The van der Waals surface area contributed by atoms with E-state index in [0.717, 1.165) is 28.3 Å². The van der Waals surface area contributed by atoms with Crippen LogP contribution in [0.2, 0.25) is 5.02 Å². The summed E-state index contributed by atoms with van der Waals surface area (Å²) in [5, 5.41) is 2.55. The molecular formula is C25H26ClFN2O3S2. The second-order valence-corrected chi connectivity index (χ2v) is 11.0. The van der Waals surface area contributed by atoms with Crippen LogP contribution in [-0.4, -0.2) is 33.2 Å². The fourth-order valence-corrected chi connectivity index (χ4v) is 5.67. The van der Waals surface area contributed by atoms with Crippen LogP contribution in [0.4, 0.5) is 10.1 Å². The number of carbonyl (C=O) groups is 1. The van der Waals surface area contributed by atoms with Gasteiger partial charge in [0.2, 0.25) is 5.91 Å². The fourth-order valence-electron chi connectivity index (χ4n) is 3.14. The molecule has 9 heteroatoms. The first-order chi connectivity index (χ1) is 16.3. The molecule has 0 heterocycles. The highest BCUT2D eigenvalue weighted by Crippen LogP contribution is 2.27. The molecule has 0 bridgehead atoms. The smallest absolute Gasteiger partial charge is 0.264 e. The first-order valence-electron chi connectivity index (χ1n) is 10.7. The molecule has 0 aromatic heterocycles. The number of aryl methyl sites for hydroxylation is 1. The molecule has 1 amide bonds. The molecule has 34 heavy (non-hydrogen) atoms. The lowest BCUT2D eigenvalue weighted by Crippen LogP contribution is -2.41. The third kappa shape index (κ3) is 7.22. The van der Waals surface area contributed by atoms with Crippen LogP contribution >= 0.6 is 23.4 Å². The fraction of sp³-hybridized carbons (Fsp3) is 0.240. The molecule has 3 aromatic rings.